The smallest absolute Gasteiger partial charge is 0.309 e. The van der Waals surface area contributed by atoms with Crippen molar-refractivity contribution in [3.05, 3.63) is 65.2 Å². The second kappa shape index (κ2) is 8.36. The zero-order valence-electron chi connectivity index (χ0n) is 16.3. The van der Waals surface area contributed by atoms with Crippen molar-refractivity contribution in [2.45, 2.75) is 44.6 Å². The molecule has 1 saturated carbocycles. The van der Waals surface area contributed by atoms with Crippen molar-refractivity contribution in [2.75, 3.05) is 13.2 Å². The van der Waals surface area contributed by atoms with Gasteiger partial charge in [-0.2, -0.15) is 0 Å². The molecule has 148 valence electrons. The molecule has 1 aliphatic heterocycles. The second-order valence-electron chi connectivity index (χ2n) is 7.90. The summed E-state index contributed by atoms with van der Waals surface area (Å²) in [6, 6.07) is 16.3. The summed E-state index contributed by atoms with van der Waals surface area (Å²) in [6.07, 6.45) is 3.15. The van der Waals surface area contributed by atoms with Gasteiger partial charge in [-0.3, -0.25) is 4.79 Å². The number of aliphatic hydroxyl groups is 1. The number of carbonyl (C=O) groups excluding carboxylic acids is 1. The quantitative estimate of drug-likeness (QED) is 0.780. The van der Waals surface area contributed by atoms with E-state index in [9.17, 15) is 9.90 Å². The van der Waals surface area contributed by atoms with Gasteiger partial charge in [0.05, 0.1) is 25.2 Å². The van der Waals surface area contributed by atoms with E-state index >= 15 is 0 Å². The van der Waals surface area contributed by atoms with Crippen LogP contribution in [0.2, 0.25) is 0 Å². The van der Waals surface area contributed by atoms with Crippen molar-refractivity contribution in [3.8, 4) is 5.75 Å². The molecule has 1 fully saturated rings. The first-order valence-corrected chi connectivity index (χ1v) is 10.3. The van der Waals surface area contributed by atoms with Gasteiger partial charge in [0.25, 0.3) is 0 Å². The van der Waals surface area contributed by atoms with Crippen molar-refractivity contribution >= 4 is 5.97 Å². The lowest BCUT2D eigenvalue weighted by Gasteiger charge is -2.31. The van der Waals surface area contributed by atoms with Crippen LogP contribution >= 0.6 is 0 Å². The monoisotopic (exact) mass is 380 g/mol. The molecule has 2 aromatic carbocycles. The predicted octanol–water partition coefficient (Wildman–Crippen LogP) is 4.42. The van der Waals surface area contributed by atoms with Gasteiger partial charge in [0, 0.05) is 11.5 Å². The van der Waals surface area contributed by atoms with Gasteiger partial charge in [-0.1, -0.05) is 48.9 Å². The molecule has 4 atom stereocenters. The fraction of sp³-hybridized carbons (Fsp3) is 0.458. The van der Waals surface area contributed by atoms with E-state index in [1.807, 2.05) is 37.3 Å². The highest BCUT2D eigenvalue weighted by atomic mass is 16.5. The van der Waals surface area contributed by atoms with Crippen LogP contribution < -0.4 is 4.74 Å². The fourth-order valence-electron chi connectivity index (χ4n) is 4.67. The van der Waals surface area contributed by atoms with Crippen LogP contribution in [0.1, 0.15) is 54.9 Å². The molecule has 28 heavy (non-hydrogen) atoms. The Bertz CT molecular complexity index is 817. The van der Waals surface area contributed by atoms with Crippen molar-refractivity contribution in [1.82, 2.24) is 0 Å². The molecule has 1 N–H and O–H groups in total. The van der Waals surface area contributed by atoms with Crippen LogP contribution in [0, 0.1) is 11.8 Å². The average Bonchev–Trinajstić information content (AvgIpc) is 3.21. The normalized spacial score (nSPS) is 26.4. The molecule has 2 aromatic rings. The van der Waals surface area contributed by atoms with Gasteiger partial charge in [-0.05, 0) is 49.3 Å². The Labute approximate surface area is 166 Å². The zero-order valence-corrected chi connectivity index (χ0v) is 16.3. The molecule has 0 bridgehead atoms. The first kappa shape index (κ1) is 19.0. The van der Waals surface area contributed by atoms with E-state index in [0.717, 1.165) is 42.6 Å². The number of hydrogen-bond donors (Lipinski definition) is 1. The van der Waals surface area contributed by atoms with Gasteiger partial charge in [-0.25, -0.2) is 0 Å². The number of esters is 1. The Hall–Kier alpha value is -2.33. The van der Waals surface area contributed by atoms with Gasteiger partial charge in [0.15, 0.2) is 0 Å². The molecule has 4 unspecified atom stereocenters. The minimum absolute atomic E-state index is 0.0412. The minimum atomic E-state index is -0.539. The highest BCUT2D eigenvalue weighted by molar-refractivity contribution is 5.74. The fourth-order valence-corrected chi connectivity index (χ4v) is 4.67. The number of carbonyl (C=O) groups is 1. The number of ether oxygens (including phenoxy) is 2. The maximum atomic E-state index is 12.3. The van der Waals surface area contributed by atoms with E-state index in [0.29, 0.717) is 13.2 Å². The number of hydrogen-bond acceptors (Lipinski definition) is 4. The van der Waals surface area contributed by atoms with Gasteiger partial charge in [-0.15, -0.1) is 0 Å². The standard InChI is InChI=1S/C24H28O4/c1-2-27-24(26)20-10-6-9-19(20)17-11-12-21-22(14-17)28-15-18(23(21)25)13-16-7-4-3-5-8-16/h3-5,7-8,11-12,14,18-20,23,25H,2,6,9-10,13,15H2,1H3. The summed E-state index contributed by atoms with van der Waals surface area (Å²) >= 11 is 0. The summed E-state index contributed by atoms with van der Waals surface area (Å²) in [5.41, 5.74) is 3.17. The largest absolute Gasteiger partial charge is 0.493 e. The molecule has 0 radical (unpaired) electrons. The molecule has 2 aliphatic rings. The summed E-state index contributed by atoms with van der Waals surface area (Å²) in [6.45, 7) is 2.77. The molecule has 1 heterocycles. The lowest BCUT2D eigenvalue weighted by Crippen LogP contribution is -2.28. The summed E-state index contributed by atoms with van der Waals surface area (Å²) < 4.78 is 11.3. The van der Waals surface area contributed by atoms with E-state index < -0.39 is 6.10 Å². The molecule has 4 nitrogen and oxygen atoms in total. The van der Waals surface area contributed by atoms with Crippen LogP contribution in [0.15, 0.2) is 48.5 Å². The van der Waals surface area contributed by atoms with Crippen molar-refractivity contribution < 1.29 is 19.4 Å². The van der Waals surface area contributed by atoms with Gasteiger partial charge >= 0.3 is 5.97 Å². The minimum Gasteiger partial charge on any atom is -0.493 e. The van der Waals surface area contributed by atoms with Gasteiger partial charge in [0.2, 0.25) is 0 Å². The number of fused-ring (bicyclic) bond motifs is 1. The third-order valence-corrected chi connectivity index (χ3v) is 6.13. The predicted molar refractivity (Wildman–Crippen MR) is 107 cm³/mol. The third kappa shape index (κ3) is 3.79. The van der Waals surface area contributed by atoms with E-state index in [2.05, 4.69) is 18.2 Å². The third-order valence-electron chi connectivity index (χ3n) is 6.13. The van der Waals surface area contributed by atoms with Crippen LogP contribution in [-0.4, -0.2) is 24.3 Å². The van der Waals surface area contributed by atoms with Crippen molar-refractivity contribution in [2.24, 2.45) is 11.8 Å². The van der Waals surface area contributed by atoms with Crippen LogP contribution in [0.4, 0.5) is 0 Å². The molecule has 0 spiro atoms. The van der Waals surface area contributed by atoms with Gasteiger partial charge < -0.3 is 14.6 Å². The molecular weight excluding hydrogens is 352 g/mol. The van der Waals surface area contributed by atoms with Gasteiger partial charge in [0.1, 0.15) is 5.75 Å². The number of rotatable bonds is 5. The highest BCUT2D eigenvalue weighted by Gasteiger charge is 2.36. The molecule has 4 heteroatoms. The molecule has 0 aromatic heterocycles. The Kier molecular flexibility index (Phi) is 5.67. The van der Waals surface area contributed by atoms with E-state index in [-0.39, 0.29) is 23.7 Å². The van der Waals surface area contributed by atoms with E-state index in [4.69, 9.17) is 9.47 Å². The maximum Gasteiger partial charge on any atom is 0.309 e. The lowest BCUT2D eigenvalue weighted by atomic mass is 9.84. The molecular formula is C24H28O4. The highest BCUT2D eigenvalue weighted by Crippen LogP contribution is 2.44. The van der Waals surface area contributed by atoms with Crippen LogP contribution in [0.25, 0.3) is 0 Å². The first-order valence-electron chi connectivity index (χ1n) is 10.3. The first-order chi connectivity index (χ1) is 13.7. The van der Waals surface area contributed by atoms with Crippen molar-refractivity contribution in [1.29, 1.82) is 0 Å². The maximum absolute atomic E-state index is 12.3. The van der Waals surface area contributed by atoms with E-state index in [1.165, 1.54) is 5.56 Å². The molecule has 1 aliphatic carbocycles. The summed E-state index contributed by atoms with van der Waals surface area (Å²) in [4.78, 5) is 12.3. The Balaban J connectivity index is 1.51. The summed E-state index contributed by atoms with van der Waals surface area (Å²) in [5.74, 6) is 0.805. The molecule has 4 rings (SSSR count). The van der Waals surface area contributed by atoms with E-state index in [1.54, 1.807) is 0 Å². The lowest BCUT2D eigenvalue weighted by molar-refractivity contribution is -0.148. The topological polar surface area (TPSA) is 55.8 Å². The second-order valence-corrected chi connectivity index (χ2v) is 7.90. The SMILES string of the molecule is CCOC(=O)C1CCCC1c1ccc2c(c1)OCC(Cc1ccccc1)C2O. The summed E-state index contributed by atoms with van der Waals surface area (Å²) in [7, 11) is 0. The molecule has 0 amide bonds. The Morgan fingerprint density at radius 2 is 2.00 bits per heavy atom. The Morgan fingerprint density at radius 1 is 1.18 bits per heavy atom. The van der Waals surface area contributed by atoms with Crippen LogP contribution in [0.5, 0.6) is 5.75 Å². The number of benzene rings is 2. The Morgan fingerprint density at radius 3 is 2.79 bits per heavy atom. The van der Waals surface area contributed by atoms with Crippen LogP contribution in [-0.2, 0) is 16.0 Å². The zero-order chi connectivity index (χ0) is 19.5. The summed E-state index contributed by atoms with van der Waals surface area (Å²) in [5, 5.41) is 10.9. The average molecular weight is 380 g/mol. The van der Waals surface area contributed by atoms with Crippen molar-refractivity contribution in [3.63, 3.8) is 0 Å². The molecule has 0 saturated heterocycles. The number of aliphatic hydroxyl groups excluding tert-OH is 1. The van der Waals surface area contributed by atoms with Crippen LogP contribution in [0.3, 0.4) is 0 Å².